The molecule has 2 saturated carbocycles. The second-order valence-corrected chi connectivity index (χ2v) is 14.0. The van der Waals surface area contributed by atoms with Gasteiger partial charge in [-0.2, -0.15) is 4.98 Å². The molecule has 5 aromatic rings. The van der Waals surface area contributed by atoms with Crippen LogP contribution in [0.2, 0.25) is 0 Å². The molecule has 2 aliphatic rings. The average Bonchev–Trinajstić information content (AvgIpc) is 3.46. The minimum atomic E-state index is -4.80. The molecule has 5 N–H and O–H groups in total. The smallest absolute Gasteiger partial charge is 0.406 e. The molecule has 18 heteroatoms. The van der Waals surface area contributed by atoms with Gasteiger partial charge in [0.25, 0.3) is 0 Å². The first-order valence-corrected chi connectivity index (χ1v) is 17.2. The second kappa shape index (κ2) is 14.2. The van der Waals surface area contributed by atoms with Crippen LogP contribution in [0, 0.1) is 12.8 Å². The van der Waals surface area contributed by atoms with Gasteiger partial charge < -0.3 is 30.9 Å². The molecular formula is C32H32ClF3N8O4S2. The van der Waals surface area contributed by atoms with Gasteiger partial charge in [0, 0.05) is 23.7 Å². The van der Waals surface area contributed by atoms with Gasteiger partial charge in [0.1, 0.15) is 28.2 Å². The minimum absolute atomic E-state index is 0. The Balaban J connectivity index is 0.00000432. The predicted octanol–water partition coefficient (Wildman–Crippen LogP) is 6.45. The number of ether oxygens (including phenoxy) is 1. The Morgan fingerprint density at radius 3 is 2.48 bits per heavy atom. The Labute approximate surface area is 298 Å². The summed E-state index contributed by atoms with van der Waals surface area (Å²) in [5, 5.41) is 33.9. The highest BCUT2D eigenvalue weighted by atomic mass is 35.5. The number of alkyl halides is 3. The van der Waals surface area contributed by atoms with E-state index in [0.717, 1.165) is 28.8 Å². The molecule has 12 nitrogen and oxygen atoms in total. The summed E-state index contributed by atoms with van der Waals surface area (Å²) in [5.41, 5.74) is 3.58. The van der Waals surface area contributed by atoms with Crippen LogP contribution in [-0.4, -0.2) is 65.7 Å². The van der Waals surface area contributed by atoms with Gasteiger partial charge in [0.15, 0.2) is 5.13 Å². The SMILES string of the molecule is Cc1nc(N[C@H](C)c2ccc(OC(F)(F)F)cc2)nc(N[C@@H]2C[C@H](C(=O)Nc3nccs3)[C@@H](O)[C@H]2O)c1-c1nc2c(C3CC3)nccc2s1.Cl. The Morgan fingerprint density at radius 1 is 1.04 bits per heavy atom. The number of thiazole rings is 2. The molecule has 1 aromatic carbocycles. The molecule has 0 aliphatic heterocycles. The Kier molecular flexibility index (Phi) is 10.1. The van der Waals surface area contributed by atoms with E-state index in [0.29, 0.717) is 38.7 Å². The molecule has 5 atom stereocenters. The van der Waals surface area contributed by atoms with Crippen LogP contribution in [0.5, 0.6) is 5.75 Å². The van der Waals surface area contributed by atoms with Gasteiger partial charge in [-0.25, -0.2) is 15.0 Å². The lowest BCUT2D eigenvalue weighted by Gasteiger charge is -2.22. The van der Waals surface area contributed by atoms with Crippen molar-refractivity contribution < 1.29 is 32.9 Å². The number of hydrogen-bond acceptors (Lipinski definition) is 13. The molecule has 2 fully saturated rings. The van der Waals surface area contributed by atoms with E-state index in [1.165, 1.54) is 46.9 Å². The first-order valence-electron chi connectivity index (χ1n) is 15.5. The maximum absolute atomic E-state index is 13.0. The number of aryl methyl sites for hydroxylation is 1. The van der Waals surface area contributed by atoms with E-state index in [9.17, 15) is 28.2 Å². The summed E-state index contributed by atoms with van der Waals surface area (Å²) in [6, 6.07) is 6.21. The number of aromatic nitrogens is 5. The van der Waals surface area contributed by atoms with E-state index in [1.54, 1.807) is 24.7 Å². The number of anilines is 3. The van der Waals surface area contributed by atoms with Gasteiger partial charge in [-0.05, 0) is 56.9 Å². The van der Waals surface area contributed by atoms with Crippen LogP contribution in [-0.2, 0) is 4.79 Å². The number of rotatable bonds is 10. The Morgan fingerprint density at radius 2 is 1.80 bits per heavy atom. The number of hydrogen-bond donors (Lipinski definition) is 5. The number of nitrogens with zero attached hydrogens (tertiary/aromatic N) is 5. The van der Waals surface area contributed by atoms with Crippen molar-refractivity contribution in [3.05, 3.63) is 65.1 Å². The maximum Gasteiger partial charge on any atom is 0.573 e. The number of aliphatic hydroxyl groups excluding tert-OH is 2. The summed E-state index contributed by atoms with van der Waals surface area (Å²) < 4.78 is 42.9. The zero-order chi connectivity index (χ0) is 34.4. The zero-order valence-corrected chi connectivity index (χ0v) is 29.0. The monoisotopic (exact) mass is 748 g/mol. The van der Waals surface area contributed by atoms with Gasteiger partial charge in [-0.3, -0.25) is 9.78 Å². The number of aliphatic hydroxyl groups is 2. The third-order valence-electron chi connectivity index (χ3n) is 8.57. The van der Waals surface area contributed by atoms with E-state index in [1.807, 2.05) is 13.0 Å². The minimum Gasteiger partial charge on any atom is -0.406 e. The highest BCUT2D eigenvalue weighted by Gasteiger charge is 2.46. The van der Waals surface area contributed by atoms with E-state index in [4.69, 9.17) is 15.0 Å². The van der Waals surface area contributed by atoms with E-state index < -0.39 is 42.5 Å². The largest absolute Gasteiger partial charge is 0.573 e. The lowest BCUT2D eigenvalue weighted by molar-refractivity contribution is -0.274. The first kappa shape index (κ1) is 35.7. The van der Waals surface area contributed by atoms with Crippen LogP contribution in [0.3, 0.4) is 0 Å². The number of nitrogens with one attached hydrogen (secondary N) is 3. The van der Waals surface area contributed by atoms with E-state index in [2.05, 4.69) is 30.7 Å². The average molecular weight is 749 g/mol. The first-order chi connectivity index (χ1) is 23.4. The van der Waals surface area contributed by atoms with Gasteiger partial charge >= 0.3 is 6.36 Å². The van der Waals surface area contributed by atoms with Crippen LogP contribution in [0.1, 0.15) is 55.1 Å². The van der Waals surface area contributed by atoms with Crippen LogP contribution in [0.25, 0.3) is 20.8 Å². The van der Waals surface area contributed by atoms with Crippen LogP contribution >= 0.6 is 35.1 Å². The normalized spacial score (nSPS) is 21.0. The zero-order valence-electron chi connectivity index (χ0n) is 26.5. The number of carbonyl (C=O) groups excluding carboxylic acids is 1. The third kappa shape index (κ3) is 7.61. The number of halogens is 4. The highest BCUT2D eigenvalue weighted by Crippen LogP contribution is 2.45. The molecule has 4 aromatic heterocycles. The van der Waals surface area contributed by atoms with Crippen molar-refractivity contribution in [1.29, 1.82) is 0 Å². The van der Waals surface area contributed by atoms with Crippen molar-refractivity contribution in [1.82, 2.24) is 24.9 Å². The molecule has 264 valence electrons. The van der Waals surface area contributed by atoms with Crippen molar-refractivity contribution in [2.45, 2.75) is 69.7 Å². The number of benzene rings is 1. The molecule has 0 radical (unpaired) electrons. The molecule has 0 bridgehead atoms. The van der Waals surface area contributed by atoms with Crippen molar-refractivity contribution in [2.75, 3.05) is 16.0 Å². The maximum atomic E-state index is 13.0. The number of carbonyl (C=O) groups is 1. The Bertz CT molecular complexity index is 1980. The lowest BCUT2D eigenvalue weighted by Crippen LogP contribution is -2.37. The van der Waals surface area contributed by atoms with Crippen molar-refractivity contribution in [2.24, 2.45) is 5.92 Å². The molecule has 50 heavy (non-hydrogen) atoms. The van der Waals surface area contributed by atoms with Crippen molar-refractivity contribution in [3.8, 4) is 16.3 Å². The quantitative estimate of drug-likeness (QED) is 0.107. The highest BCUT2D eigenvalue weighted by molar-refractivity contribution is 7.21. The summed E-state index contributed by atoms with van der Waals surface area (Å²) in [5.74, 6) is -0.803. The number of fused-ring (bicyclic) bond motifs is 1. The van der Waals surface area contributed by atoms with Gasteiger partial charge in [0.05, 0.1) is 45.8 Å². The topological polar surface area (TPSA) is 167 Å². The molecular weight excluding hydrogens is 717 g/mol. The van der Waals surface area contributed by atoms with Crippen LogP contribution in [0.4, 0.5) is 30.1 Å². The van der Waals surface area contributed by atoms with Crippen LogP contribution < -0.4 is 20.7 Å². The molecule has 0 unspecified atom stereocenters. The molecule has 0 saturated heterocycles. The molecule has 0 spiro atoms. The number of pyridine rings is 1. The summed E-state index contributed by atoms with van der Waals surface area (Å²) in [7, 11) is 0. The van der Waals surface area contributed by atoms with E-state index in [-0.39, 0.29) is 30.5 Å². The number of amides is 1. The summed E-state index contributed by atoms with van der Waals surface area (Å²) >= 11 is 2.71. The van der Waals surface area contributed by atoms with Crippen molar-refractivity contribution in [3.63, 3.8) is 0 Å². The molecule has 2 aliphatic carbocycles. The van der Waals surface area contributed by atoms with Gasteiger partial charge in [-0.1, -0.05) is 12.1 Å². The van der Waals surface area contributed by atoms with E-state index >= 15 is 0 Å². The summed E-state index contributed by atoms with van der Waals surface area (Å²) in [6.45, 7) is 3.61. The standard InChI is InChI=1S/C32H31F3N8O4S2.ClH/c1-14(16-5-7-18(8-6-16)47-32(33,34)35)38-30-39-15(2)22(29-41-24-21(49-29)9-10-36-23(24)17-3-4-17)27(42-30)40-20-13-19(25(44)26(20)45)28(46)43-31-37-11-12-48-31;/h5-12,14,17,19-20,25-26,44-45H,3-4,13H2,1-2H3,(H,37,43,46)(H2,38,39,40,42);1H/t14-,19+,20-,25-,26+;/m1./s1. The fourth-order valence-electron chi connectivity index (χ4n) is 5.96. The molecule has 4 heterocycles. The van der Waals surface area contributed by atoms with Gasteiger partial charge in [-0.15, -0.1) is 48.3 Å². The third-order valence-corrected chi connectivity index (χ3v) is 10.3. The fraction of sp³-hybridized carbons (Fsp3) is 0.375. The van der Waals surface area contributed by atoms with Gasteiger partial charge in [0.2, 0.25) is 11.9 Å². The fourth-order valence-corrected chi connectivity index (χ4v) is 7.56. The predicted molar refractivity (Wildman–Crippen MR) is 186 cm³/mol. The van der Waals surface area contributed by atoms with Crippen LogP contribution in [0.15, 0.2) is 48.1 Å². The lowest BCUT2D eigenvalue weighted by atomic mass is 10.1. The molecule has 7 rings (SSSR count). The van der Waals surface area contributed by atoms with Crippen molar-refractivity contribution >= 4 is 68.1 Å². The summed E-state index contributed by atoms with van der Waals surface area (Å²) in [6.07, 6.45) is -1.89. The molecule has 1 amide bonds. The summed E-state index contributed by atoms with van der Waals surface area (Å²) in [4.78, 5) is 36.2. The second-order valence-electron chi connectivity index (χ2n) is 12.1. The Hall–Kier alpha value is -4.16.